The predicted octanol–water partition coefficient (Wildman–Crippen LogP) is 2.64. The van der Waals surface area contributed by atoms with E-state index in [4.69, 9.17) is 0 Å². The van der Waals surface area contributed by atoms with Crippen molar-refractivity contribution in [2.24, 2.45) is 0 Å². The molecule has 0 aliphatic heterocycles. The quantitative estimate of drug-likeness (QED) is 0.913. The van der Waals surface area contributed by atoms with E-state index >= 15 is 0 Å². The van der Waals surface area contributed by atoms with Gasteiger partial charge in [0.15, 0.2) is 0 Å². The number of anilines is 1. The van der Waals surface area contributed by atoms with Crippen LogP contribution in [0.2, 0.25) is 0 Å². The fourth-order valence-electron chi connectivity index (χ4n) is 1.65. The van der Waals surface area contributed by atoms with Crippen LogP contribution in [0.3, 0.4) is 0 Å². The summed E-state index contributed by atoms with van der Waals surface area (Å²) in [6, 6.07) is 3.86. The molecule has 5 heteroatoms. The molecule has 98 valence electrons. The van der Waals surface area contributed by atoms with E-state index in [0.29, 0.717) is 11.7 Å². The number of pyridine rings is 1. The molecule has 2 aromatic heterocycles. The van der Waals surface area contributed by atoms with E-state index < -0.39 is 0 Å². The summed E-state index contributed by atoms with van der Waals surface area (Å²) >= 11 is 0. The van der Waals surface area contributed by atoms with Gasteiger partial charge in [-0.1, -0.05) is 13.8 Å². The van der Waals surface area contributed by atoms with Crippen LogP contribution >= 0.6 is 0 Å². The first-order valence-corrected chi connectivity index (χ1v) is 6.24. The Bertz CT molecular complexity index is 556. The van der Waals surface area contributed by atoms with Crippen molar-refractivity contribution in [1.29, 1.82) is 0 Å². The molecule has 2 rings (SSSR count). The number of nitrogens with one attached hydrogen (secondary N) is 1. The highest BCUT2D eigenvalue weighted by molar-refractivity contribution is 6.02. The minimum Gasteiger partial charge on any atom is -0.305 e. The van der Waals surface area contributed by atoms with E-state index in [1.54, 1.807) is 6.20 Å². The molecule has 0 saturated carbocycles. The largest absolute Gasteiger partial charge is 0.305 e. The molecule has 1 atom stereocenters. The second-order valence-corrected chi connectivity index (χ2v) is 4.33. The van der Waals surface area contributed by atoms with Gasteiger partial charge >= 0.3 is 0 Å². The summed E-state index contributed by atoms with van der Waals surface area (Å²) in [5, 5.41) is 2.73. The molecule has 0 aliphatic carbocycles. The number of carbonyl (C=O) groups is 1. The van der Waals surface area contributed by atoms with Crippen molar-refractivity contribution < 1.29 is 4.79 Å². The lowest BCUT2D eigenvalue weighted by Crippen LogP contribution is -2.15. The van der Waals surface area contributed by atoms with Crippen molar-refractivity contribution in [1.82, 2.24) is 15.0 Å². The fraction of sp³-hybridized carbons (Fsp3) is 0.286. The molecule has 0 fully saturated rings. The Labute approximate surface area is 112 Å². The average Bonchev–Trinajstić information content (AvgIpc) is 2.47. The molecule has 0 aliphatic rings. The van der Waals surface area contributed by atoms with Gasteiger partial charge in [0.2, 0.25) is 0 Å². The van der Waals surface area contributed by atoms with E-state index in [1.165, 1.54) is 18.6 Å². The Morgan fingerprint density at radius 3 is 2.84 bits per heavy atom. The average molecular weight is 256 g/mol. The first kappa shape index (κ1) is 13.1. The molecule has 5 nitrogen and oxygen atoms in total. The first-order valence-electron chi connectivity index (χ1n) is 6.24. The maximum atomic E-state index is 11.9. The molecule has 1 N–H and O–H groups in total. The van der Waals surface area contributed by atoms with Crippen LogP contribution in [0.4, 0.5) is 5.82 Å². The molecule has 2 heterocycles. The highest BCUT2D eigenvalue weighted by atomic mass is 16.1. The molecule has 1 unspecified atom stereocenters. The molecular formula is C14H16N4O. The molecule has 0 aromatic carbocycles. The molecule has 1 amide bonds. The normalized spacial score (nSPS) is 11.9. The third-order valence-electron chi connectivity index (χ3n) is 3.00. The second-order valence-electron chi connectivity index (χ2n) is 4.33. The number of rotatable bonds is 4. The lowest BCUT2D eigenvalue weighted by Gasteiger charge is -2.10. The van der Waals surface area contributed by atoms with Gasteiger partial charge in [0.25, 0.3) is 5.91 Å². The zero-order valence-corrected chi connectivity index (χ0v) is 11.0. The Morgan fingerprint density at radius 2 is 2.16 bits per heavy atom. The van der Waals surface area contributed by atoms with E-state index in [1.807, 2.05) is 12.1 Å². The highest BCUT2D eigenvalue weighted by Gasteiger charge is 2.09. The van der Waals surface area contributed by atoms with Gasteiger partial charge in [0.05, 0.1) is 6.20 Å². The molecule has 19 heavy (non-hydrogen) atoms. The third kappa shape index (κ3) is 3.34. The SMILES string of the molecule is CCC(C)c1ccnc(NC(=O)c2cnccn2)c1. The fourth-order valence-corrected chi connectivity index (χ4v) is 1.65. The van der Waals surface area contributed by atoms with Gasteiger partial charge in [-0.2, -0.15) is 0 Å². The summed E-state index contributed by atoms with van der Waals surface area (Å²) in [4.78, 5) is 23.9. The van der Waals surface area contributed by atoms with Crippen molar-refractivity contribution in [2.75, 3.05) is 5.32 Å². The Kier molecular flexibility index (Phi) is 4.18. The topological polar surface area (TPSA) is 67.8 Å². The lowest BCUT2D eigenvalue weighted by atomic mass is 10.00. The molecular weight excluding hydrogens is 240 g/mol. The monoisotopic (exact) mass is 256 g/mol. The number of carbonyl (C=O) groups excluding carboxylic acids is 1. The van der Waals surface area contributed by atoms with Crippen molar-refractivity contribution in [3.63, 3.8) is 0 Å². The summed E-state index contributed by atoms with van der Waals surface area (Å²) in [6.45, 7) is 4.27. The number of amides is 1. The van der Waals surface area contributed by atoms with Crippen LogP contribution in [0, 0.1) is 0 Å². The van der Waals surface area contributed by atoms with Gasteiger partial charge in [0, 0.05) is 18.6 Å². The van der Waals surface area contributed by atoms with Crippen LogP contribution in [-0.4, -0.2) is 20.9 Å². The number of nitrogens with zero attached hydrogens (tertiary/aromatic N) is 3. The van der Waals surface area contributed by atoms with Gasteiger partial charge in [-0.25, -0.2) is 9.97 Å². The van der Waals surface area contributed by atoms with E-state index in [2.05, 4.69) is 34.1 Å². The zero-order valence-electron chi connectivity index (χ0n) is 11.0. The maximum Gasteiger partial charge on any atom is 0.277 e. The van der Waals surface area contributed by atoms with Crippen molar-refractivity contribution >= 4 is 11.7 Å². The smallest absolute Gasteiger partial charge is 0.277 e. The van der Waals surface area contributed by atoms with Crippen molar-refractivity contribution in [3.05, 3.63) is 48.2 Å². The lowest BCUT2D eigenvalue weighted by molar-refractivity contribution is 0.102. The molecule has 0 bridgehead atoms. The molecule has 0 spiro atoms. The van der Waals surface area contributed by atoms with E-state index in [9.17, 15) is 4.79 Å². The summed E-state index contributed by atoms with van der Waals surface area (Å²) < 4.78 is 0. The molecule has 2 aromatic rings. The van der Waals surface area contributed by atoms with Gasteiger partial charge in [-0.3, -0.25) is 9.78 Å². The minimum absolute atomic E-state index is 0.276. The summed E-state index contributed by atoms with van der Waals surface area (Å²) in [7, 11) is 0. The van der Waals surface area contributed by atoms with E-state index in [-0.39, 0.29) is 11.6 Å². The van der Waals surface area contributed by atoms with Gasteiger partial charge < -0.3 is 5.32 Å². The minimum atomic E-state index is -0.304. The standard InChI is InChI=1S/C14H16N4O/c1-3-10(2)11-4-5-17-13(8-11)18-14(19)12-9-15-6-7-16-12/h4-10H,3H2,1-2H3,(H,17,18,19). The van der Waals surface area contributed by atoms with Crippen LogP contribution in [0.1, 0.15) is 42.2 Å². The van der Waals surface area contributed by atoms with Gasteiger partial charge in [0.1, 0.15) is 11.5 Å². The molecule has 0 saturated heterocycles. The van der Waals surface area contributed by atoms with Crippen LogP contribution in [0.15, 0.2) is 36.9 Å². The Hall–Kier alpha value is -2.30. The second kappa shape index (κ2) is 6.04. The third-order valence-corrected chi connectivity index (χ3v) is 3.00. The van der Waals surface area contributed by atoms with E-state index in [0.717, 1.165) is 12.0 Å². The number of aromatic nitrogens is 3. The van der Waals surface area contributed by atoms with Crippen molar-refractivity contribution in [2.45, 2.75) is 26.2 Å². The Morgan fingerprint density at radius 1 is 1.32 bits per heavy atom. The van der Waals surface area contributed by atoms with Gasteiger partial charge in [-0.15, -0.1) is 0 Å². The predicted molar refractivity (Wildman–Crippen MR) is 72.9 cm³/mol. The summed E-state index contributed by atoms with van der Waals surface area (Å²) in [6.07, 6.45) is 7.18. The van der Waals surface area contributed by atoms with Crippen LogP contribution in [0.25, 0.3) is 0 Å². The van der Waals surface area contributed by atoms with Crippen molar-refractivity contribution in [3.8, 4) is 0 Å². The first-order chi connectivity index (χ1) is 9.20. The zero-order chi connectivity index (χ0) is 13.7. The van der Waals surface area contributed by atoms with Gasteiger partial charge in [-0.05, 0) is 30.0 Å². The van der Waals surface area contributed by atoms with Crippen LogP contribution < -0.4 is 5.32 Å². The summed E-state index contributed by atoms with van der Waals surface area (Å²) in [5.74, 6) is 0.672. The Balaban J connectivity index is 2.13. The van der Waals surface area contributed by atoms with Crippen LogP contribution in [-0.2, 0) is 0 Å². The number of hydrogen-bond donors (Lipinski definition) is 1. The molecule has 0 radical (unpaired) electrons. The number of hydrogen-bond acceptors (Lipinski definition) is 4. The maximum absolute atomic E-state index is 11.9. The summed E-state index contributed by atoms with van der Waals surface area (Å²) in [5.41, 5.74) is 1.44. The highest BCUT2D eigenvalue weighted by Crippen LogP contribution is 2.20. The van der Waals surface area contributed by atoms with Crippen LogP contribution in [0.5, 0.6) is 0 Å².